The number of ether oxygens (including phenoxy) is 1. The first-order chi connectivity index (χ1) is 8.70. The van der Waals surface area contributed by atoms with Crippen molar-refractivity contribution < 1.29 is 13.9 Å². The predicted octanol–water partition coefficient (Wildman–Crippen LogP) is 3.07. The van der Waals surface area contributed by atoms with Crippen LogP contribution in [0.15, 0.2) is 21.2 Å². The van der Waals surface area contributed by atoms with Gasteiger partial charge in [-0.2, -0.15) is 0 Å². The monoisotopic (exact) mass is 315 g/mol. The molecule has 2 heterocycles. The van der Waals surface area contributed by atoms with Crippen LogP contribution in [0.2, 0.25) is 0 Å². The van der Waals surface area contributed by atoms with Gasteiger partial charge in [-0.25, -0.2) is 0 Å². The zero-order chi connectivity index (χ0) is 13.0. The van der Waals surface area contributed by atoms with E-state index in [-0.39, 0.29) is 12.0 Å². The zero-order valence-electron chi connectivity index (χ0n) is 10.5. The van der Waals surface area contributed by atoms with E-state index in [2.05, 4.69) is 22.9 Å². The summed E-state index contributed by atoms with van der Waals surface area (Å²) in [5, 5.41) is 0. The van der Waals surface area contributed by atoms with Crippen LogP contribution in [-0.4, -0.2) is 36.6 Å². The van der Waals surface area contributed by atoms with Gasteiger partial charge >= 0.3 is 0 Å². The van der Waals surface area contributed by atoms with Crippen LogP contribution >= 0.6 is 15.9 Å². The van der Waals surface area contributed by atoms with Gasteiger partial charge in [-0.15, -0.1) is 0 Å². The van der Waals surface area contributed by atoms with Crippen molar-refractivity contribution in [1.82, 2.24) is 4.90 Å². The Kier molecular flexibility index (Phi) is 4.83. The molecule has 1 aromatic rings. The summed E-state index contributed by atoms with van der Waals surface area (Å²) in [5.41, 5.74) is 0. The Balaban J connectivity index is 1.94. The molecule has 1 aromatic heterocycles. The maximum absolute atomic E-state index is 12.2. The first-order valence-corrected chi connectivity index (χ1v) is 7.16. The number of halogens is 1. The second-order valence-electron chi connectivity index (χ2n) is 4.49. The van der Waals surface area contributed by atoms with Crippen LogP contribution in [-0.2, 0) is 4.74 Å². The van der Waals surface area contributed by atoms with Crippen molar-refractivity contribution in [2.24, 2.45) is 0 Å². The molecule has 1 aliphatic rings. The molecule has 1 unspecified atom stereocenters. The lowest BCUT2D eigenvalue weighted by molar-refractivity contribution is 0.00112. The minimum Gasteiger partial charge on any atom is -0.444 e. The molecule has 0 aliphatic carbocycles. The fourth-order valence-corrected chi connectivity index (χ4v) is 2.43. The molecule has 4 nitrogen and oxygen atoms in total. The highest BCUT2D eigenvalue weighted by atomic mass is 79.9. The molecule has 1 amide bonds. The van der Waals surface area contributed by atoms with Crippen LogP contribution in [0.5, 0.6) is 0 Å². The van der Waals surface area contributed by atoms with Crippen molar-refractivity contribution in [2.75, 3.05) is 19.7 Å². The standard InChI is InChI=1S/C13H18BrNO3/c1-2-8-17-10-4-3-7-15(9-10)13(16)11-5-6-12(14)18-11/h5-6,10H,2-4,7-9H2,1H3. The number of nitrogens with zero attached hydrogens (tertiary/aromatic N) is 1. The van der Waals surface area contributed by atoms with E-state index in [0.717, 1.165) is 32.4 Å². The van der Waals surface area contributed by atoms with E-state index in [4.69, 9.17) is 9.15 Å². The van der Waals surface area contributed by atoms with Gasteiger partial charge < -0.3 is 14.1 Å². The molecule has 2 rings (SSSR count). The Labute approximate surface area is 115 Å². The third-order valence-corrected chi connectivity index (χ3v) is 3.43. The van der Waals surface area contributed by atoms with E-state index in [9.17, 15) is 4.79 Å². The van der Waals surface area contributed by atoms with Crippen molar-refractivity contribution in [3.05, 3.63) is 22.6 Å². The molecule has 0 N–H and O–H groups in total. The average Bonchev–Trinajstić information content (AvgIpc) is 2.82. The van der Waals surface area contributed by atoms with Crippen LogP contribution in [0, 0.1) is 0 Å². The summed E-state index contributed by atoms with van der Waals surface area (Å²) < 4.78 is 11.6. The molecule has 5 heteroatoms. The van der Waals surface area contributed by atoms with E-state index in [1.807, 2.05) is 4.90 Å². The lowest BCUT2D eigenvalue weighted by atomic mass is 10.1. The third kappa shape index (κ3) is 3.36. The Bertz CT molecular complexity index is 405. The Morgan fingerprint density at radius 1 is 1.61 bits per heavy atom. The number of piperidine rings is 1. The highest BCUT2D eigenvalue weighted by Crippen LogP contribution is 2.19. The van der Waals surface area contributed by atoms with Crippen LogP contribution in [0.3, 0.4) is 0 Å². The number of likely N-dealkylation sites (tertiary alicyclic amines) is 1. The van der Waals surface area contributed by atoms with Gasteiger partial charge in [0.2, 0.25) is 0 Å². The number of amides is 1. The molecule has 0 saturated carbocycles. The van der Waals surface area contributed by atoms with Crippen LogP contribution < -0.4 is 0 Å². The number of carbonyl (C=O) groups excluding carboxylic acids is 1. The lowest BCUT2D eigenvalue weighted by Gasteiger charge is -2.32. The van der Waals surface area contributed by atoms with Gasteiger partial charge in [-0.05, 0) is 47.3 Å². The zero-order valence-corrected chi connectivity index (χ0v) is 12.1. The summed E-state index contributed by atoms with van der Waals surface area (Å²) in [6.45, 7) is 4.30. The minimum atomic E-state index is -0.0505. The van der Waals surface area contributed by atoms with Gasteiger partial charge in [0, 0.05) is 19.7 Å². The predicted molar refractivity (Wildman–Crippen MR) is 71.6 cm³/mol. The third-order valence-electron chi connectivity index (χ3n) is 3.01. The maximum atomic E-state index is 12.2. The SMILES string of the molecule is CCCOC1CCCN(C(=O)c2ccc(Br)o2)C1. The van der Waals surface area contributed by atoms with E-state index >= 15 is 0 Å². The molecule has 1 saturated heterocycles. The van der Waals surface area contributed by atoms with Gasteiger partial charge in [-0.3, -0.25) is 4.79 Å². The number of furan rings is 1. The second-order valence-corrected chi connectivity index (χ2v) is 5.27. The van der Waals surface area contributed by atoms with Gasteiger partial charge in [0.1, 0.15) is 0 Å². The summed E-state index contributed by atoms with van der Waals surface area (Å²) in [5.74, 6) is 0.337. The number of carbonyl (C=O) groups is 1. The van der Waals surface area contributed by atoms with E-state index in [1.165, 1.54) is 0 Å². The van der Waals surface area contributed by atoms with Crippen molar-refractivity contribution in [3.8, 4) is 0 Å². The summed E-state index contributed by atoms with van der Waals surface area (Å²) >= 11 is 3.21. The Hall–Kier alpha value is -0.810. The molecule has 1 aliphatic heterocycles. The van der Waals surface area contributed by atoms with Crippen molar-refractivity contribution >= 4 is 21.8 Å². The van der Waals surface area contributed by atoms with Crippen LogP contribution in [0.25, 0.3) is 0 Å². The smallest absolute Gasteiger partial charge is 0.289 e. The first kappa shape index (κ1) is 13.6. The molecule has 0 bridgehead atoms. The van der Waals surface area contributed by atoms with Crippen LogP contribution in [0.4, 0.5) is 0 Å². The largest absolute Gasteiger partial charge is 0.444 e. The summed E-state index contributed by atoms with van der Waals surface area (Å²) in [7, 11) is 0. The molecule has 1 fully saturated rings. The number of hydrogen-bond acceptors (Lipinski definition) is 3. The number of hydrogen-bond donors (Lipinski definition) is 0. The van der Waals surface area contributed by atoms with Crippen LogP contribution in [0.1, 0.15) is 36.7 Å². The highest BCUT2D eigenvalue weighted by Gasteiger charge is 2.26. The Morgan fingerprint density at radius 2 is 2.44 bits per heavy atom. The maximum Gasteiger partial charge on any atom is 0.289 e. The van der Waals surface area contributed by atoms with E-state index in [0.29, 0.717) is 17.0 Å². The van der Waals surface area contributed by atoms with Crippen molar-refractivity contribution in [1.29, 1.82) is 0 Å². The van der Waals surface area contributed by atoms with E-state index in [1.54, 1.807) is 12.1 Å². The molecule has 1 atom stereocenters. The average molecular weight is 316 g/mol. The van der Waals surface area contributed by atoms with E-state index < -0.39 is 0 Å². The molecule has 0 radical (unpaired) electrons. The molecule has 100 valence electrons. The fraction of sp³-hybridized carbons (Fsp3) is 0.615. The first-order valence-electron chi connectivity index (χ1n) is 6.37. The van der Waals surface area contributed by atoms with Crippen molar-refractivity contribution in [3.63, 3.8) is 0 Å². The molecular formula is C13H18BrNO3. The van der Waals surface area contributed by atoms with Gasteiger partial charge in [-0.1, -0.05) is 6.92 Å². The summed E-state index contributed by atoms with van der Waals surface area (Å²) in [6.07, 6.45) is 3.20. The molecule has 18 heavy (non-hydrogen) atoms. The lowest BCUT2D eigenvalue weighted by Crippen LogP contribution is -2.43. The fourth-order valence-electron chi connectivity index (χ4n) is 2.13. The summed E-state index contributed by atoms with van der Waals surface area (Å²) in [6, 6.07) is 3.44. The molecule has 0 aromatic carbocycles. The van der Waals surface area contributed by atoms with Gasteiger partial charge in [0.25, 0.3) is 5.91 Å². The van der Waals surface area contributed by atoms with Gasteiger partial charge in [0.15, 0.2) is 10.4 Å². The number of rotatable bonds is 4. The summed E-state index contributed by atoms with van der Waals surface area (Å²) in [4.78, 5) is 14.0. The van der Waals surface area contributed by atoms with Crippen molar-refractivity contribution in [2.45, 2.75) is 32.3 Å². The molecular weight excluding hydrogens is 298 g/mol. The highest BCUT2D eigenvalue weighted by molar-refractivity contribution is 9.10. The quantitative estimate of drug-likeness (QED) is 0.857. The topological polar surface area (TPSA) is 42.7 Å². The normalized spacial score (nSPS) is 20.1. The Morgan fingerprint density at radius 3 is 3.11 bits per heavy atom. The second kappa shape index (κ2) is 6.38. The van der Waals surface area contributed by atoms with Gasteiger partial charge in [0.05, 0.1) is 6.10 Å². The molecule has 0 spiro atoms. The minimum absolute atomic E-state index is 0.0505.